The number of nitrogens with one attached hydrogen (secondary N) is 2. The summed E-state index contributed by atoms with van der Waals surface area (Å²) in [7, 11) is 0. The Bertz CT molecular complexity index is 536. The zero-order chi connectivity index (χ0) is 15.5. The lowest BCUT2D eigenvalue weighted by Crippen LogP contribution is -2.50. The minimum absolute atomic E-state index is 0.159. The van der Waals surface area contributed by atoms with Gasteiger partial charge in [0.1, 0.15) is 0 Å². The van der Waals surface area contributed by atoms with Crippen LogP contribution in [-0.2, 0) is 6.42 Å². The fourth-order valence-corrected chi connectivity index (χ4v) is 2.42. The van der Waals surface area contributed by atoms with Crippen molar-refractivity contribution in [1.82, 2.24) is 10.6 Å². The number of rotatable bonds is 6. The van der Waals surface area contributed by atoms with Crippen LogP contribution in [0.3, 0.4) is 0 Å². The second-order valence-corrected chi connectivity index (χ2v) is 6.13. The third-order valence-electron chi connectivity index (χ3n) is 3.91. The summed E-state index contributed by atoms with van der Waals surface area (Å²) in [5.74, 6) is -0.357. The molecule has 0 aromatic heterocycles. The third kappa shape index (κ3) is 4.48. The molecule has 1 aromatic rings. The minimum atomic E-state index is -0.936. The molecule has 0 unspecified atom stereocenters. The van der Waals surface area contributed by atoms with Crippen molar-refractivity contribution in [2.45, 2.75) is 38.6 Å². The maximum Gasteiger partial charge on any atom is 0.335 e. The number of carboxylic acids is 1. The number of carbonyl (C=O) groups is 2. The molecule has 1 aliphatic rings. The fourth-order valence-electron chi connectivity index (χ4n) is 2.42. The van der Waals surface area contributed by atoms with Crippen LogP contribution < -0.4 is 10.6 Å². The first kappa shape index (κ1) is 15.4. The summed E-state index contributed by atoms with van der Waals surface area (Å²) in [5.41, 5.74) is 1.01. The van der Waals surface area contributed by atoms with Gasteiger partial charge in [-0.15, -0.1) is 0 Å². The normalized spacial score (nSPS) is 14.6. The second kappa shape index (κ2) is 6.16. The summed E-state index contributed by atoms with van der Waals surface area (Å²) < 4.78 is 0. The summed E-state index contributed by atoms with van der Waals surface area (Å²) in [6.07, 6.45) is 2.96. The molecule has 1 saturated carbocycles. The van der Waals surface area contributed by atoms with Crippen LogP contribution in [0.15, 0.2) is 24.3 Å². The number of amides is 2. The van der Waals surface area contributed by atoms with Gasteiger partial charge in [0.2, 0.25) is 0 Å². The van der Waals surface area contributed by atoms with Crippen LogP contribution in [0.1, 0.15) is 42.6 Å². The lowest BCUT2D eigenvalue weighted by Gasteiger charge is -2.26. The van der Waals surface area contributed by atoms with Gasteiger partial charge in [-0.1, -0.05) is 12.1 Å². The molecule has 0 heterocycles. The van der Waals surface area contributed by atoms with E-state index in [1.807, 2.05) is 19.9 Å². The molecule has 5 heteroatoms. The smallest absolute Gasteiger partial charge is 0.335 e. The number of carbonyl (C=O) groups excluding carboxylic acids is 1. The zero-order valence-corrected chi connectivity index (χ0v) is 12.5. The number of hydrogen-bond donors (Lipinski definition) is 3. The minimum Gasteiger partial charge on any atom is -0.478 e. The maximum absolute atomic E-state index is 11.8. The molecule has 1 fully saturated rings. The molecule has 0 spiro atoms. The fraction of sp³-hybridized carbons (Fsp3) is 0.500. The number of benzene rings is 1. The van der Waals surface area contributed by atoms with Crippen LogP contribution in [0, 0.1) is 5.92 Å². The standard InChI is InChI=1S/C16H22N2O3/c1-16(2,13-6-7-13)18-15(21)17-9-8-11-4-3-5-12(10-11)14(19)20/h3-5,10,13H,6-9H2,1-2H3,(H,19,20)(H2,17,18,21). The summed E-state index contributed by atoms with van der Waals surface area (Å²) in [4.78, 5) is 22.7. The van der Waals surface area contributed by atoms with E-state index in [2.05, 4.69) is 10.6 Å². The predicted molar refractivity (Wildman–Crippen MR) is 80.4 cm³/mol. The Balaban J connectivity index is 1.77. The van der Waals surface area contributed by atoms with E-state index in [0.717, 1.165) is 5.56 Å². The van der Waals surface area contributed by atoms with Crippen LogP contribution in [0.5, 0.6) is 0 Å². The predicted octanol–water partition coefficient (Wildman–Crippen LogP) is 2.42. The van der Waals surface area contributed by atoms with Crippen LogP contribution in [0.2, 0.25) is 0 Å². The second-order valence-electron chi connectivity index (χ2n) is 6.13. The first-order valence-electron chi connectivity index (χ1n) is 7.27. The van der Waals surface area contributed by atoms with Crippen molar-refractivity contribution >= 4 is 12.0 Å². The van der Waals surface area contributed by atoms with E-state index in [-0.39, 0.29) is 17.1 Å². The van der Waals surface area contributed by atoms with Gasteiger partial charge in [0.25, 0.3) is 0 Å². The van der Waals surface area contributed by atoms with Gasteiger partial charge in [0, 0.05) is 12.1 Å². The van der Waals surface area contributed by atoms with Crippen LogP contribution in [0.4, 0.5) is 4.79 Å². The van der Waals surface area contributed by atoms with Gasteiger partial charge in [0.05, 0.1) is 5.56 Å². The van der Waals surface area contributed by atoms with Crippen molar-refractivity contribution in [3.8, 4) is 0 Å². The number of hydrogen-bond acceptors (Lipinski definition) is 2. The molecule has 0 aliphatic heterocycles. The molecule has 0 saturated heterocycles. The lowest BCUT2D eigenvalue weighted by atomic mass is 9.99. The number of carboxylic acid groups (broad SMARTS) is 1. The molecule has 2 rings (SSSR count). The van der Waals surface area contributed by atoms with E-state index in [1.165, 1.54) is 12.8 Å². The first-order valence-corrected chi connectivity index (χ1v) is 7.27. The molecule has 0 atom stereocenters. The van der Waals surface area contributed by atoms with Gasteiger partial charge in [-0.25, -0.2) is 9.59 Å². The summed E-state index contributed by atoms with van der Waals surface area (Å²) in [5, 5.41) is 14.7. The molecule has 1 aromatic carbocycles. The monoisotopic (exact) mass is 290 g/mol. The Labute approximate surface area is 124 Å². The van der Waals surface area contributed by atoms with Gasteiger partial charge in [-0.3, -0.25) is 0 Å². The molecular formula is C16H22N2O3. The van der Waals surface area contributed by atoms with E-state index in [1.54, 1.807) is 18.2 Å². The number of urea groups is 1. The highest BCUT2D eigenvalue weighted by atomic mass is 16.4. The molecule has 21 heavy (non-hydrogen) atoms. The Morgan fingerprint density at radius 2 is 2.05 bits per heavy atom. The van der Waals surface area contributed by atoms with Crippen molar-refractivity contribution in [2.75, 3.05) is 6.54 Å². The van der Waals surface area contributed by atoms with Gasteiger partial charge in [-0.05, 0) is 56.7 Å². The highest BCUT2D eigenvalue weighted by Gasteiger charge is 2.38. The van der Waals surface area contributed by atoms with Crippen molar-refractivity contribution in [3.63, 3.8) is 0 Å². The van der Waals surface area contributed by atoms with Crippen LogP contribution >= 0.6 is 0 Å². The molecular weight excluding hydrogens is 268 g/mol. The molecule has 114 valence electrons. The van der Waals surface area contributed by atoms with Gasteiger partial charge in [0.15, 0.2) is 0 Å². The molecule has 0 radical (unpaired) electrons. The average Bonchev–Trinajstić information content (AvgIpc) is 3.23. The Kier molecular flexibility index (Phi) is 4.50. The van der Waals surface area contributed by atoms with Gasteiger partial charge >= 0.3 is 12.0 Å². The highest BCUT2D eigenvalue weighted by Crippen LogP contribution is 2.39. The molecule has 3 N–H and O–H groups in total. The van der Waals surface area contributed by atoms with Crippen molar-refractivity contribution in [1.29, 1.82) is 0 Å². The third-order valence-corrected chi connectivity index (χ3v) is 3.91. The SMILES string of the molecule is CC(C)(NC(=O)NCCc1cccc(C(=O)O)c1)C1CC1. The highest BCUT2D eigenvalue weighted by molar-refractivity contribution is 5.87. The van der Waals surface area contributed by atoms with E-state index in [9.17, 15) is 9.59 Å². The Morgan fingerprint density at radius 1 is 1.33 bits per heavy atom. The van der Waals surface area contributed by atoms with Crippen LogP contribution in [-0.4, -0.2) is 29.2 Å². The summed E-state index contributed by atoms with van der Waals surface area (Å²) in [6, 6.07) is 6.61. The van der Waals surface area contributed by atoms with Crippen molar-refractivity contribution in [3.05, 3.63) is 35.4 Å². The van der Waals surface area contributed by atoms with Gasteiger partial charge < -0.3 is 15.7 Å². The Morgan fingerprint density at radius 3 is 2.67 bits per heavy atom. The zero-order valence-electron chi connectivity index (χ0n) is 12.5. The van der Waals surface area contributed by atoms with E-state index in [4.69, 9.17) is 5.11 Å². The van der Waals surface area contributed by atoms with Crippen molar-refractivity contribution < 1.29 is 14.7 Å². The topological polar surface area (TPSA) is 78.4 Å². The largest absolute Gasteiger partial charge is 0.478 e. The summed E-state index contributed by atoms with van der Waals surface area (Å²) >= 11 is 0. The molecule has 0 bridgehead atoms. The van der Waals surface area contributed by atoms with Crippen LogP contribution in [0.25, 0.3) is 0 Å². The first-order chi connectivity index (χ1) is 9.88. The maximum atomic E-state index is 11.8. The number of aromatic carboxylic acids is 1. The molecule has 2 amide bonds. The average molecular weight is 290 g/mol. The van der Waals surface area contributed by atoms with Gasteiger partial charge in [-0.2, -0.15) is 0 Å². The van der Waals surface area contributed by atoms with E-state index >= 15 is 0 Å². The van der Waals surface area contributed by atoms with Crippen molar-refractivity contribution in [2.24, 2.45) is 5.92 Å². The Hall–Kier alpha value is -2.04. The quantitative estimate of drug-likeness (QED) is 0.753. The lowest BCUT2D eigenvalue weighted by molar-refractivity contribution is 0.0696. The summed E-state index contributed by atoms with van der Waals surface area (Å²) in [6.45, 7) is 4.57. The van der Waals surface area contributed by atoms with E-state index in [0.29, 0.717) is 18.9 Å². The molecule has 1 aliphatic carbocycles. The van der Waals surface area contributed by atoms with E-state index < -0.39 is 5.97 Å². The molecule has 5 nitrogen and oxygen atoms in total.